The van der Waals surface area contributed by atoms with E-state index in [2.05, 4.69) is 15.5 Å². The Kier molecular flexibility index (Phi) is 7.59. The molecule has 1 saturated heterocycles. The summed E-state index contributed by atoms with van der Waals surface area (Å²) >= 11 is 0. The van der Waals surface area contributed by atoms with Crippen molar-refractivity contribution in [3.63, 3.8) is 0 Å². The van der Waals surface area contributed by atoms with Gasteiger partial charge in [0.2, 0.25) is 11.7 Å². The molecule has 1 aliphatic heterocycles. The van der Waals surface area contributed by atoms with Crippen molar-refractivity contribution >= 4 is 5.97 Å². The fraction of sp³-hybridized carbons (Fsp3) is 0.286. The van der Waals surface area contributed by atoms with Crippen LogP contribution in [-0.2, 0) is 17.8 Å². The number of nitrogens with one attached hydrogen (secondary N) is 1. The maximum absolute atomic E-state index is 13.2. The summed E-state index contributed by atoms with van der Waals surface area (Å²) in [5.41, 5.74) is 1.38. The largest absolute Gasteiger partial charge is 0.490 e. The number of carboxylic acid groups (broad SMARTS) is 1. The molecule has 0 spiro atoms. The number of alkyl halides is 3. The van der Waals surface area contributed by atoms with E-state index in [-0.39, 0.29) is 6.61 Å². The third-order valence-corrected chi connectivity index (χ3v) is 4.54. The average Bonchev–Trinajstić information content (AvgIpc) is 3.21. The number of carboxylic acids is 1. The van der Waals surface area contributed by atoms with Gasteiger partial charge >= 0.3 is 12.1 Å². The summed E-state index contributed by atoms with van der Waals surface area (Å²) in [5.74, 6) is -2.14. The van der Waals surface area contributed by atoms with Crippen LogP contribution >= 0.6 is 0 Å². The summed E-state index contributed by atoms with van der Waals surface area (Å²) in [6.07, 6.45) is -4.30. The molecular formula is C21H18F5N3O4. The van der Waals surface area contributed by atoms with Gasteiger partial charge in [-0.2, -0.15) is 18.2 Å². The third kappa shape index (κ3) is 6.97. The molecule has 0 amide bonds. The molecule has 2 N–H and O–H groups in total. The molecule has 0 aliphatic carbocycles. The fourth-order valence-electron chi connectivity index (χ4n) is 2.69. The van der Waals surface area contributed by atoms with Crippen LogP contribution in [0.15, 0.2) is 47.0 Å². The number of ether oxygens (including phenoxy) is 1. The predicted octanol–water partition coefficient (Wildman–Crippen LogP) is 3.99. The van der Waals surface area contributed by atoms with Gasteiger partial charge in [0.15, 0.2) is 11.6 Å². The predicted molar refractivity (Wildman–Crippen MR) is 104 cm³/mol. The van der Waals surface area contributed by atoms with Gasteiger partial charge in [-0.25, -0.2) is 13.6 Å². The molecular weight excluding hydrogens is 453 g/mol. The van der Waals surface area contributed by atoms with E-state index in [0.29, 0.717) is 28.9 Å². The van der Waals surface area contributed by atoms with E-state index in [1.807, 2.05) is 12.1 Å². The maximum Gasteiger partial charge on any atom is 0.490 e. The van der Waals surface area contributed by atoms with Gasteiger partial charge in [-0.05, 0) is 61.0 Å². The Hall–Kier alpha value is -3.54. The molecule has 1 fully saturated rings. The van der Waals surface area contributed by atoms with Crippen molar-refractivity contribution < 1.29 is 41.1 Å². The van der Waals surface area contributed by atoms with Gasteiger partial charge in [-0.1, -0.05) is 11.2 Å². The minimum atomic E-state index is -5.08. The highest BCUT2D eigenvalue weighted by molar-refractivity contribution is 5.73. The number of hydrogen-bond donors (Lipinski definition) is 2. The summed E-state index contributed by atoms with van der Waals surface area (Å²) in [7, 11) is 0. The SMILES string of the molecule is Fc1ccc(COc2ccc(-c3noc(CC4CNC4)n3)cc2)cc1F.O=C(O)C(F)(F)F. The standard InChI is InChI=1S/C19H17F2N3O2.C2HF3O2/c20-16-6-1-12(7-17(16)21)11-25-15-4-2-14(3-5-15)19-23-18(26-24-19)8-13-9-22-10-13;3-2(4,5)1(6)7/h1-7,13,22H,8-11H2;(H,6,7). The highest BCUT2D eigenvalue weighted by Crippen LogP contribution is 2.22. The average molecular weight is 471 g/mol. The van der Waals surface area contributed by atoms with E-state index in [9.17, 15) is 22.0 Å². The number of aromatic nitrogens is 2. The van der Waals surface area contributed by atoms with Crippen molar-refractivity contribution in [1.82, 2.24) is 15.5 Å². The zero-order valence-corrected chi connectivity index (χ0v) is 16.9. The molecule has 4 rings (SSSR count). The molecule has 0 atom stereocenters. The van der Waals surface area contributed by atoms with Crippen LogP contribution in [0.5, 0.6) is 5.75 Å². The fourth-order valence-corrected chi connectivity index (χ4v) is 2.69. The van der Waals surface area contributed by atoms with Crippen molar-refractivity contribution in [3.05, 3.63) is 65.6 Å². The van der Waals surface area contributed by atoms with Crippen LogP contribution in [0.25, 0.3) is 11.4 Å². The van der Waals surface area contributed by atoms with E-state index in [4.69, 9.17) is 19.2 Å². The first-order chi connectivity index (χ1) is 15.6. The quantitative estimate of drug-likeness (QED) is 0.525. The first-order valence-electron chi connectivity index (χ1n) is 9.62. The Morgan fingerprint density at radius 1 is 1.12 bits per heavy atom. The summed E-state index contributed by atoms with van der Waals surface area (Å²) < 4.78 is 68.7. The molecule has 0 saturated carbocycles. The van der Waals surface area contributed by atoms with Crippen LogP contribution < -0.4 is 10.1 Å². The van der Waals surface area contributed by atoms with Crippen LogP contribution in [0.1, 0.15) is 11.5 Å². The van der Waals surface area contributed by atoms with Gasteiger partial charge in [0.25, 0.3) is 0 Å². The zero-order valence-electron chi connectivity index (χ0n) is 16.9. The van der Waals surface area contributed by atoms with Crippen molar-refractivity contribution in [2.24, 2.45) is 5.92 Å². The second-order valence-electron chi connectivity index (χ2n) is 7.10. The first-order valence-corrected chi connectivity index (χ1v) is 9.62. The number of benzene rings is 2. The number of rotatable bonds is 6. The molecule has 12 heteroatoms. The molecule has 7 nitrogen and oxygen atoms in total. The minimum Gasteiger partial charge on any atom is -0.489 e. The number of aliphatic carboxylic acids is 1. The van der Waals surface area contributed by atoms with Crippen molar-refractivity contribution in [3.8, 4) is 17.1 Å². The van der Waals surface area contributed by atoms with Crippen molar-refractivity contribution in [2.45, 2.75) is 19.2 Å². The van der Waals surface area contributed by atoms with Crippen molar-refractivity contribution in [1.29, 1.82) is 0 Å². The summed E-state index contributed by atoms with van der Waals surface area (Å²) in [5, 5.41) is 14.4. The molecule has 1 aromatic heterocycles. The lowest BCUT2D eigenvalue weighted by Crippen LogP contribution is -2.43. The summed E-state index contributed by atoms with van der Waals surface area (Å²) in [4.78, 5) is 13.3. The van der Waals surface area contributed by atoms with E-state index in [0.717, 1.165) is 37.2 Å². The lowest BCUT2D eigenvalue weighted by atomic mass is 10.00. The first kappa shape index (κ1) is 24.1. The summed E-state index contributed by atoms with van der Waals surface area (Å²) in [6.45, 7) is 2.13. The maximum atomic E-state index is 13.2. The van der Waals surface area contributed by atoms with Gasteiger partial charge in [-0.15, -0.1) is 0 Å². The van der Waals surface area contributed by atoms with E-state index >= 15 is 0 Å². The van der Waals surface area contributed by atoms with Crippen LogP contribution in [0, 0.1) is 17.6 Å². The Balaban J connectivity index is 0.000000383. The number of hydrogen-bond acceptors (Lipinski definition) is 6. The minimum absolute atomic E-state index is 0.151. The molecule has 1 aliphatic rings. The Labute approximate surface area is 184 Å². The highest BCUT2D eigenvalue weighted by atomic mass is 19.4. The van der Waals surface area contributed by atoms with Crippen molar-refractivity contribution in [2.75, 3.05) is 13.1 Å². The zero-order chi connectivity index (χ0) is 24.0. The molecule has 0 radical (unpaired) electrons. The second-order valence-corrected chi connectivity index (χ2v) is 7.10. The summed E-state index contributed by atoms with van der Waals surface area (Å²) in [6, 6.07) is 10.9. The number of carbonyl (C=O) groups is 1. The van der Waals surface area contributed by atoms with E-state index in [1.54, 1.807) is 12.1 Å². The normalized spacial score (nSPS) is 13.6. The van der Waals surface area contributed by atoms with Crippen LogP contribution in [0.2, 0.25) is 0 Å². The van der Waals surface area contributed by atoms with E-state index < -0.39 is 23.8 Å². The van der Waals surface area contributed by atoms with Gasteiger partial charge < -0.3 is 19.7 Å². The Bertz CT molecular complexity index is 1080. The van der Waals surface area contributed by atoms with Crippen LogP contribution in [0.3, 0.4) is 0 Å². The Morgan fingerprint density at radius 2 is 1.79 bits per heavy atom. The van der Waals surface area contributed by atoms with Gasteiger partial charge in [0.1, 0.15) is 12.4 Å². The molecule has 33 heavy (non-hydrogen) atoms. The van der Waals surface area contributed by atoms with Crippen LogP contribution in [0.4, 0.5) is 22.0 Å². The second kappa shape index (κ2) is 10.4. The van der Waals surface area contributed by atoms with Crippen LogP contribution in [-0.4, -0.2) is 40.5 Å². The molecule has 176 valence electrons. The lowest BCUT2D eigenvalue weighted by Gasteiger charge is -2.25. The Morgan fingerprint density at radius 3 is 2.33 bits per heavy atom. The van der Waals surface area contributed by atoms with Gasteiger partial charge in [-0.3, -0.25) is 0 Å². The topological polar surface area (TPSA) is 97.5 Å². The monoisotopic (exact) mass is 471 g/mol. The third-order valence-electron chi connectivity index (χ3n) is 4.54. The lowest BCUT2D eigenvalue weighted by molar-refractivity contribution is -0.192. The van der Waals surface area contributed by atoms with Gasteiger partial charge in [0.05, 0.1) is 0 Å². The molecule has 0 bridgehead atoms. The number of nitrogens with zero attached hydrogens (tertiary/aromatic N) is 2. The smallest absolute Gasteiger partial charge is 0.489 e. The van der Waals surface area contributed by atoms with E-state index in [1.165, 1.54) is 6.07 Å². The molecule has 3 aromatic rings. The highest BCUT2D eigenvalue weighted by Gasteiger charge is 2.38. The molecule has 2 heterocycles. The number of halogens is 5. The molecule has 0 unspecified atom stereocenters. The van der Waals surface area contributed by atoms with Gasteiger partial charge in [0, 0.05) is 12.0 Å². The molecule has 2 aromatic carbocycles.